The first-order valence-corrected chi connectivity index (χ1v) is 6.03. The highest BCUT2D eigenvalue weighted by atomic mass is 32.2. The van der Waals surface area contributed by atoms with E-state index in [1.807, 2.05) is 0 Å². The number of nitrogens with zero attached hydrogens (tertiary/aromatic N) is 2. The topological polar surface area (TPSA) is 115 Å². The van der Waals surface area contributed by atoms with E-state index in [0.717, 1.165) is 0 Å². The van der Waals surface area contributed by atoms with Crippen LogP contribution >= 0.6 is 0 Å². The van der Waals surface area contributed by atoms with Gasteiger partial charge in [-0.2, -0.15) is 0 Å². The van der Waals surface area contributed by atoms with Crippen LogP contribution in [0.1, 0.15) is 18.7 Å². The summed E-state index contributed by atoms with van der Waals surface area (Å²) < 4.78 is 26.8. The molecule has 0 aliphatic carbocycles. The molecule has 1 heterocycles. The zero-order valence-corrected chi connectivity index (χ0v) is 9.68. The van der Waals surface area contributed by atoms with Gasteiger partial charge < -0.3 is 9.84 Å². The molecule has 90 valence electrons. The zero-order chi connectivity index (χ0) is 12.3. The van der Waals surface area contributed by atoms with Crippen molar-refractivity contribution in [2.75, 3.05) is 7.11 Å². The number of sulfonamides is 1. The van der Waals surface area contributed by atoms with Crippen molar-refractivity contribution < 1.29 is 18.3 Å². The van der Waals surface area contributed by atoms with Crippen molar-refractivity contribution in [2.24, 2.45) is 5.14 Å². The van der Waals surface area contributed by atoms with Crippen LogP contribution < -0.4 is 9.88 Å². The number of aromatic nitrogens is 2. The third-order valence-corrected chi connectivity index (χ3v) is 3.42. The fourth-order valence-corrected chi connectivity index (χ4v) is 1.50. The Balaban J connectivity index is 2.92. The van der Waals surface area contributed by atoms with Crippen LogP contribution in [0.3, 0.4) is 0 Å². The van der Waals surface area contributed by atoms with Gasteiger partial charge in [0.2, 0.25) is 15.9 Å². The molecule has 0 fully saturated rings. The third-order valence-electron chi connectivity index (χ3n) is 2.12. The Hall–Kier alpha value is -1.25. The van der Waals surface area contributed by atoms with E-state index in [4.69, 9.17) is 9.88 Å². The van der Waals surface area contributed by atoms with Gasteiger partial charge in [0.05, 0.1) is 25.2 Å². The summed E-state index contributed by atoms with van der Waals surface area (Å²) in [5.41, 5.74) is 0.127. The fourth-order valence-electron chi connectivity index (χ4n) is 1.00. The summed E-state index contributed by atoms with van der Waals surface area (Å²) in [6, 6.07) is 0. The maximum atomic E-state index is 11.0. The number of rotatable bonds is 4. The van der Waals surface area contributed by atoms with E-state index in [9.17, 15) is 13.5 Å². The predicted octanol–water partition coefficient (Wildman–Crippen LogP) is -0.804. The van der Waals surface area contributed by atoms with E-state index in [-0.39, 0.29) is 11.6 Å². The maximum Gasteiger partial charge on any atom is 0.231 e. The summed E-state index contributed by atoms with van der Waals surface area (Å²) in [5.74, 6) is 0.277. The molecule has 0 amide bonds. The van der Waals surface area contributed by atoms with Crippen LogP contribution in [0, 0.1) is 0 Å². The molecule has 1 rings (SSSR count). The van der Waals surface area contributed by atoms with Gasteiger partial charge in [-0.3, -0.25) is 4.98 Å². The Morgan fingerprint density at radius 1 is 1.44 bits per heavy atom. The Labute approximate surface area is 93.3 Å². The van der Waals surface area contributed by atoms with Gasteiger partial charge in [-0.15, -0.1) is 0 Å². The number of methoxy groups -OCH3 is 1. The summed E-state index contributed by atoms with van der Waals surface area (Å²) in [5, 5.41) is 13.5. The number of ether oxygens (including phenoxy) is 1. The Bertz CT molecular complexity index is 445. The third kappa shape index (κ3) is 2.87. The second-order valence-corrected chi connectivity index (χ2v) is 5.14. The quantitative estimate of drug-likeness (QED) is 0.719. The Kier molecular flexibility index (Phi) is 3.79. The highest BCUT2D eigenvalue weighted by Gasteiger charge is 2.27. The molecule has 7 nitrogen and oxygen atoms in total. The van der Waals surface area contributed by atoms with Gasteiger partial charge in [-0.05, 0) is 6.92 Å². The van der Waals surface area contributed by atoms with Crippen LogP contribution in [0.4, 0.5) is 0 Å². The predicted molar refractivity (Wildman–Crippen MR) is 56.1 cm³/mol. The van der Waals surface area contributed by atoms with Crippen LogP contribution in [0.15, 0.2) is 12.4 Å². The summed E-state index contributed by atoms with van der Waals surface area (Å²) >= 11 is 0. The molecule has 8 heteroatoms. The molecule has 0 aromatic carbocycles. The zero-order valence-electron chi connectivity index (χ0n) is 8.86. The van der Waals surface area contributed by atoms with Crippen LogP contribution in [0.25, 0.3) is 0 Å². The number of aliphatic hydroxyl groups excluding tert-OH is 1. The van der Waals surface area contributed by atoms with Gasteiger partial charge in [-0.1, -0.05) is 0 Å². The van der Waals surface area contributed by atoms with Crippen LogP contribution in [-0.4, -0.2) is 35.9 Å². The number of aliphatic hydroxyl groups is 1. The molecule has 0 aliphatic heterocycles. The molecule has 3 N–H and O–H groups in total. The van der Waals surface area contributed by atoms with Crippen molar-refractivity contribution in [3.8, 4) is 5.88 Å². The minimum atomic E-state index is -3.81. The number of nitrogens with two attached hydrogens (primary N) is 1. The monoisotopic (exact) mass is 247 g/mol. The van der Waals surface area contributed by atoms with Crippen molar-refractivity contribution in [1.82, 2.24) is 9.97 Å². The van der Waals surface area contributed by atoms with Crippen LogP contribution in [-0.2, 0) is 10.0 Å². The molecule has 0 radical (unpaired) electrons. The lowest BCUT2D eigenvalue weighted by Crippen LogP contribution is -2.31. The van der Waals surface area contributed by atoms with Crippen LogP contribution in [0.5, 0.6) is 5.88 Å². The highest BCUT2D eigenvalue weighted by molar-refractivity contribution is 7.89. The molecule has 16 heavy (non-hydrogen) atoms. The summed E-state index contributed by atoms with van der Waals surface area (Å²) in [6.45, 7) is 1.30. The molecule has 0 saturated carbocycles. The van der Waals surface area contributed by atoms with E-state index in [0.29, 0.717) is 0 Å². The van der Waals surface area contributed by atoms with E-state index in [1.165, 1.54) is 26.4 Å². The largest absolute Gasteiger partial charge is 0.480 e. The van der Waals surface area contributed by atoms with E-state index in [2.05, 4.69) is 9.97 Å². The standard InChI is InChI=1S/C8H13N3O4S/c1-5(16(9,13)14)8(12)6-3-11-7(15-2)4-10-6/h3-5,8,12H,1-2H3,(H2,9,13,14)/t5-,8+/m1/s1. The van der Waals surface area contributed by atoms with Crippen molar-refractivity contribution in [3.63, 3.8) is 0 Å². The molecule has 1 aromatic rings. The molecule has 0 unspecified atom stereocenters. The number of hydrogen-bond acceptors (Lipinski definition) is 6. The minimum Gasteiger partial charge on any atom is -0.480 e. The van der Waals surface area contributed by atoms with E-state index < -0.39 is 21.4 Å². The van der Waals surface area contributed by atoms with Crippen molar-refractivity contribution >= 4 is 10.0 Å². The van der Waals surface area contributed by atoms with Gasteiger partial charge in [0.15, 0.2) is 0 Å². The lowest BCUT2D eigenvalue weighted by atomic mass is 10.2. The van der Waals surface area contributed by atoms with Crippen molar-refractivity contribution in [1.29, 1.82) is 0 Å². The molecule has 0 saturated heterocycles. The molecule has 0 spiro atoms. The molecule has 0 aliphatic rings. The summed E-state index contributed by atoms with van der Waals surface area (Å²) in [7, 11) is -2.39. The normalized spacial score (nSPS) is 15.5. The number of primary sulfonamides is 1. The van der Waals surface area contributed by atoms with Gasteiger partial charge in [0.1, 0.15) is 11.4 Å². The average molecular weight is 247 g/mol. The minimum absolute atomic E-state index is 0.127. The van der Waals surface area contributed by atoms with E-state index in [1.54, 1.807) is 0 Å². The van der Waals surface area contributed by atoms with Crippen LogP contribution in [0.2, 0.25) is 0 Å². The van der Waals surface area contributed by atoms with Gasteiger partial charge >= 0.3 is 0 Å². The molecule has 1 aromatic heterocycles. The van der Waals surface area contributed by atoms with Gasteiger partial charge in [-0.25, -0.2) is 18.5 Å². The van der Waals surface area contributed by atoms with Crippen molar-refractivity contribution in [3.05, 3.63) is 18.1 Å². The number of hydrogen-bond donors (Lipinski definition) is 2. The van der Waals surface area contributed by atoms with Gasteiger partial charge in [0, 0.05) is 0 Å². The van der Waals surface area contributed by atoms with Gasteiger partial charge in [0.25, 0.3) is 0 Å². The average Bonchev–Trinajstić information content (AvgIpc) is 2.26. The first-order chi connectivity index (χ1) is 7.36. The molecule has 2 atom stereocenters. The second kappa shape index (κ2) is 4.73. The smallest absolute Gasteiger partial charge is 0.231 e. The molecule has 0 bridgehead atoms. The lowest BCUT2D eigenvalue weighted by molar-refractivity contribution is 0.170. The molecular weight excluding hydrogens is 234 g/mol. The van der Waals surface area contributed by atoms with E-state index >= 15 is 0 Å². The SMILES string of the molecule is COc1cnc([C@@H](O)[C@@H](C)S(N)(=O)=O)cn1. The van der Waals surface area contributed by atoms with Crippen molar-refractivity contribution in [2.45, 2.75) is 18.3 Å². The Morgan fingerprint density at radius 3 is 2.44 bits per heavy atom. The second-order valence-electron chi connectivity index (χ2n) is 3.22. The first-order valence-electron chi connectivity index (χ1n) is 4.42. The molecular formula is C8H13N3O4S. The summed E-state index contributed by atoms with van der Waals surface area (Å²) in [6.07, 6.45) is 1.22. The highest BCUT2D eigenvalue weighted by Crippen LogP contribution is 2.18. The fraction of sp³-hybridized carbons (Fsp3) is 0.500. The first kappa shape index (κ1) is 12.8. The summed E-state index contributed by atoms with van der Waals surface area (Å²) in [4.78, 5) is 7.63. The lowest BCUT2D eigenvalue weighted by Gasteiger charge is -2.15. The Morgan fingerprint density at radius 2 is 2.06 bits per heavy atom. The maximum absolute atomic E-state index is 11.0.